The highest BCUT2D eigenvalue weighted by Crippen LogP contribution is 2.42. The molecule has 3 heterocycles. The van der Waals surface area contributed by atoms with Crippen LogP contribution in [0, 0.1) is 5.92 Å². The van der Waals surface area contributed by atoms with Crippen molar-refractivity contribution in [3.8, 4) is 11.5 Å². The summed E-state index contributed by atoms with van der Waals surface area (Å²) in [7, 11) is 1.55. The second-order valence-corrected chi connectivity index (χ2v) is 10.2. The van der Waals surface area contributed by atoms with E-state index in [-0.39, 0.29) is 11.3 Å². The average Bonchev–Trinajstić information content (AvgIpc) is 3.68. The van der Waals surface area contributed by atoms with E-state index in [2.05, 4.69) is 18.8 Å². The van der Waals surface area contributed by atoms with Gasteiger partial charge in [0.1, 0.15) is 5.58 Å². The van der Waals surface area contributed by atoms with E-state index in [1.165, 1.54) is 4.90 Å². The summed E-state index contributed by atoms with van der Waals surface area (Å²) < 4.78 is 19.3. The largest absolute Gasteiger partial charge is 0.503 e. The third kappa shape index (κ3) is 5.45. The number of ketones is 1. The predicted molar refractivity (Wildman–Crippen MR) is 149 cm³/mol. The Morgan fingerprint density at radius 2 is 1.95 bits per heavy atom. The van der Waals surface area contributed by atoms with Crippen LogP contribution in [-0.2, 0) is 11.3 Å². The van der Waals surface area contributed by atoms with Crippen LogP contribution < -0.4 is 9.47 Å². The fourth-order valence-corrected chi connectivity index (χ4v) is 4.91. The zero-order valence-corrected chi connectivity index (χ0v) is 22.9. The average molecular weight is 544 g/mol. The number of fused-ring (bicyclic) bond motifs is 1. The van der Waals surface area contributed by atoms with Gasteiger partial charge < -0.3 is 28.5 Å². The fraction of sp³-hybridized carbons (Fsp3) is 0.323. The maximum absolute atomic E-state index is 13.8. The molecule has 0 saturated carbocycles. The number of nitrogens with zero attached hydrogens (tertiary/aromatic N) is 3. The van der Waals surface area contributed by atoms with Gasteiger partial charge in [-0.3, -0.25) is 9.59 Å². The van der Waals surface area contributed by atoms with Gasteiger partial charge in [0.2, 0.25) is 5.78 Å². The van der Waals surface area contributed by atoms with Crippen molar-refractivity contribution in [2.45, 2.75) is 39.3 Å². The molecule has 0 aliphatic carbocycles. The molecular formula is C31H33N3O6. The van der Waals surface area contributed by atoms with Crippen LogP contribution >= 0.6 is 0 Å². The predicted octanol–water partition coefficient (Wildman–Crippen LogP) is 5.73. The molecule has 0 radical (unpaired) electrons. The first kappa shape index (κ1) is 27.1. The van der Waals surface area contributed by atoms with Gasteiger partial charge in [-0.1, -0.05) is 38.1 Å². The lowest BCUT2D eigenvalue weighted by atomic mass is 9.94. The molecule has 1 atom stereocenters. The number of aliphatic hydroxyl groups is 1. The number of hydrogen-bond acceptors (Lipinski definition) is 7. The Balaban J connectivity index is 1.49. The van der Waals surface area contributed by atoms with Gasteiger partial charge in [0.05, 0.1) is 31.7 Å². The van der Waals surface area contributed by atoms with E-state index >= 15 is 0 Å². The number of hydrogen-bond donors (Lipinski definition) is 1. The van der Waals surface area contributed by atoms with Crippen molar-refractivity contribution in [1.29, 1.82) is 0 Å². The monoisotopic (exact) mass is 543 g/mol. The minimum Gasteiger partial charge on any atom is -0.503 e. The van der Waals surface area contributed by atoms with Gasteiger partial charge in [-0.15, -0.1) is 0 Å². The summed E-state index contributed by atoms with van der Waals surface area (Å²) >= 11 is 0. The van der Waals surface area contributed by atoms with Gasteiger partial charge in [0, 0.05) is 30.9 Å². The number of carbonyl (C=O) groups excluding carboxylic acids is 2. The van der Waals surface area contributed by atoms with Crippen LogP contribution in [0.25, 0.3) is 11.0 Å². The van der Waals surface area contributed by atoms with E-state index in [1.807, 2.05) is 29.0 Å². The quantitative estimate of drug-likeness (QED) is 0.227. The SMILES string of the molecule is COc1cc(C2C(C(=O)c3cc4ccccc4o3)=C(O)C(=O)N2CCCn2ccnc2)ccc1OCCC(C)C. The van der Waals surface area contributed by atoms with Gasteiger partial charge in [-0.25, -0.2) is 4.98 Å². The third-order valence-corrected chi connectivity index (χ3v) is 7.03. The maximum atomic E-state index is 13.8. The maximum Gasteiger partial charge on any atom is 0.290 e. The second kappa shape index (κ2) is 11.7. The lowest BCUT2D eigenvalue weighted by molar-refractivity contribution is -0.129. The molecule has 1 amide bonds. The minimum absolute atomic E-state index is 0.0257. The smallest absolute Gasteiger partial charge is 0.290 e. The third-order valence-electron chi connectivity index (χ3n) is 7.03. The minimum atomic E-state index is -0.838. The Labute approximate surface area is 232 Å². The molecule has 2 aromatic carbocycles. The Kier molecular flexibility index (Phi) is 7.91. The van der Waals surface area contributed by atoms with Crippen molar-refractivity contribution in [2.75, 3.05) is 20.3 Å². The van der Waals surface area contributed by atoms with Crippen molar-refractivity contribution < 1.29 is 28.6 Å². The molecule has 9 nitrogen and oxygen atoms in total. The molecule has 0 saturated heterocycles. The number of methoxy groups -OCH3 is 1. The molecule has 1 aliphatic rings. The molecule has 1 unspecified atom stereocenters. The van der Waals surface area contributed by atoms with Crippen LogP contribution in [0.1, 0.15) is 48.8 Å². The first-order valence-corrected chi connectivity index (χ1v) is 13.4. The van der Waals surface area contributed by atoms with Gasteiger partial charge in [-0.2, -0.15) is 0 Å². The molecule has 0 spiro atoms. The number of imidazole rings is 1. The first-order chi connectivity index (χ1) is 19.4. The summed E-state index contributed by atoms with van der Waals surface area (Å²) in [4.78, 5) is 32.8. The molecule has 0 bridgehead atoms. The topological polar surface area (TPSA) is 107 Å². The number of para-hydroxylation sites is 1. The molecule has 208 valence electrons. The van der Waals surface area contributed by atoms with Crippen LogP contribution in [0.2, 0.25) is 0 Å². The van der Waals surface area contributed by atoms with Crippen LogP contribution in [0.3, 0.4) is 0 Å². The lowest BCUT2D eigenvalue weighted by Gasteiger charge is -2.27. The number of ether oxygens (including phenoxy) is 2. The summed E-state index contributed by atoms with van der Waals surface area (Å²) in [6.45, 7) is 5.71. The number of Topliss-reactive ketones (excluding diaryl/α,β-unsaturated/α-hetero) is 1. The number of carbonyl (C=O) groups is 2. The van der Waals surface area contributed by atoms with E-state index in [0.29, 0.717) is 54.7 Å². The van der Waals surface area contributed by atoms with Gasteiger partial charge >= 0.3 is 0 Å². The second-order valence-electron chi connectivity index (χ2n) is 10.2. The summed E-state index contributed by atoms with van der Waals surface area (Å²) in [5.41, 5.74) is 1.14. The van der Waals surface area contributed by atoms with Gasteiger partial charge in [0.25, 0.3) is 5.91 Å². The summed E-state index contributed by atoms with van der Waals surface area (Å²) in [6, 6.07) is 13.4. The molecule has 40 heavy (non-hydrogen) atoms. The van der Waals surface area contributed by atoms with Crippen molar-refractivity contribution >= 4 is 22.7 Å². The number of amides is 1. The highest BCUT2D eigenvalue weighted by molar-refractivity contribution is 6.16. The molecular weight excluding hydrogens is 510 g/mol. The fourth-order valence-electron chi connectivity index (χ4n) is 4.91. The molecule has 1 N–H and O–H groups in total. The Morgan fingerprint density at radius 1 is 1.12 bits per heavy atom. The highest BCUT2D eigenvalue weighted by Gasteiger charge is 2.44. The van der Waals surface area contributed by atoms with Crippen LogP contribution in [0.15, 0.2) is 83.0 Å². The number of furan rings is 1. The zero-order chi connectivity index (χ0) is 28.2. The van der Waals surface area contributed by atoms with Crippen molar-refractivity contribution in [3.63, 3.8) is 0 Å². The first-order valence-electron chi connectivity index (χ1n) is 13.4. The summed E-state index contributed by atoms with van der Waals surface area (Å²) in [6.07, 6.45) is 6.72. The number of aromatic nitrogens is 2. The molecule has 4 aromatic rings. The van der Waals surface area contributed by atoms with Crippen molar-refractivity contribution in [3.05, 3.63) is 89.9 Å². The summed E-state index contributed by atoms with van der Waals surface area (Å²) in [5.74, 6) is -0.122. The van der Waals surface area contributed by atoms with Crippen LogP contribution in [0.4, 0.5) is 0 Å². The molecule has 0 fully saturated rings. The number of rotatable bonds is 12. The molecule has 2 aromatic heterocycles. The Hall–Kier alpha value is -4.53. The normalized spacial score (nSPS) is 15.4. The Bertz CT molecular complexity index is 1500. The molecule has 1 aliphatic heterocycles. The van der Waals surface area contributed by atoms with E-state index in [9.17, 15) is 14.7 Å². The van der Waals surface area contributed by atoms with Crippen molar-refractivity contribution in [1.82, 2.24) is 14.5 Å². The highest BCUT2D eigenvalue weighted by atomic mass is 16.5. The number of aliphatic hydroxyl groups excluding tert-OH is 1. The zero-order valence-electron chi connectivity index (χ0n) is 22.9. The van der Waals surface area contributed by atoms with Crippen LogP contribution in [0.5, 0.6) is 11.5 Å². The van der Waals surface area contributed by atoms with E-state index in [0.717, 1.165) is 11.8 Å². The number of aryl methyl sites for hydroxylation is 1. The van der Waals surface area contributed by atoms with Crippen molar-refractivity contribution in [2.24, 2.45) is 5.92 Å². The standard InChI is InChI=1S/C31H33N3O6/c1-20(2)11-16-39-24-10-9-22(18-25(24)38-3)28-27(29(35)26-17-21-7-4-5-8-23(21)40-26)30(36)31(37)34(28)14-6-13-33-15-12-32-19-33/h4-5,7-10,12,15,17-20,28,36H,6,11,13-14,16H2,1-3H3. The van der Waals surface area contributed by atoms with E-state index in [4.69, 9.17) is 13.9 Å². The summed E-state index contributed by atoms with van der Waals surface area (Å²) in [5, 5.41) is 11.8. The van der Waals surface area contributed by atoms with E-state index < -0.39 is 23.5 Å². The lowest BCUT2D eigenvalue weighted by Crippen LogP contribution is -2.32. The Morgan fingerprint density at radius 3 is 2.67 bits per heavy atom. The molecule has 5 rings (SSSR count). The van der Waals surface area contributed by atoms with Gasteiger partial charge in [0.15, 0.2) is 23.0 Å². The van der Waals surface area contributed by atoms with Crippen LogP contribution in [-0.4, -0.2) is 51.5 Å². The molecule has 9 heteroatoms. The number of benzene rings is 2. The van der Waals surface area contributed by atoms with E-state index in [1.54, 1.807) is 50.0 Å². The van der Waals surface area contributed by atoms with Gasteiger partial charge in [-0.05, 0) is 48.6 Å².